The third-order valence-electron chi connectivity index (χ3n) is 6.76. The summed E-state index contributed by atoms with van der Waals surface area (Å²) in [6.07, 6.45) is 5.36. The van der Waals surface area contributed by atoms with E-state index in [9.17, 15) is 9.59 Å². The number of primary amides is 1. The third-order valence-corrected chi connectivity index (χ3v) is 6.76. The van der Waals surface area contributed by atoms with Crippen LogP contribution in [0.1, 0.15) is 32.3 Å². The van der Waals surface area contributed by atoms with Crippen molar-refractivity contribution < 1.29 is 9.59 Å². The Hall–Kier alpha value is -2.77. The highest BCUT2D eigenvalue weighted by Gasteiger charge is 2.46. The predicted octanol–water partition coefficient (Wildman–Crippen LogP) is 1.89. The number of nitrogens with two attached hydrogens (primary N) is 1. The average molecular weight is 422 g/mol. The molecule has 2 aliphatic rings. The molecule has 1 aromatic carbocycles. The zero-order valence-corrected chi connectivity index (χ0v) is 18.2. The first-order valence-corrected chi connectivity index (χ1v) is 11.0. The third kappa shape index (κ3) is 4.34. The van der Waals surface area contributed by atoms with Crippen molar-refractivity contribution >= 4 is 11.8 Å². The van der Waals surface area contributed by atoms with Crippen molar-refractivity contribution in [2.45, 2.75) is 45.2 Å². The van der Waals surface area contributed by atoms with Crippen LogP contribution in [-0.2, 0) is 16.0 Å². The summed E-state index contributed by atoms with van der Waals surface area (Å²) in [4.78, 5) is 31.7. The molecule has 7 nitrogen and oxygen atoms in total. The zero-order valence-electron chi connectivity index (χ0n) is 18.2. The van der Waals surface area contributed by atoms with Crippen molar-refractivity contribution in [3.8, 4) is 11.1 Å². The molecule has 3 atom stereocenters. The summed E-state index contributed by atoms with van der Waals surface area (Å²) < 4.78 is 0. The van der Waals surface area contributed by atoms with Crippen LogP contribution in [0.2, 0.25) is 0 Å². The second kappa shape index (κ2) is 8.77. The Bertz CT molecular complexity index is 948. The summed E-state index contributed by atoms with van der Waals surface area (Å²) in [6, 6.07) is 12.0. The number of rotatable bonds is 6. The highest BCUT2D eigenvalue weighted by Crippen LogP contribution is 2.37. The van der Waals surface area contributed by atoms with Crippen LogP contribution in [0.3, 0.4) is 0 Å². The van der Waals surface area contributed by atoms with Crippen LogP contribution in [0.4, 0.5) is 0 Å². The minimum Gasteiger partial charge on any atom is -0.369 e. The van der Waals surface area contributed by atoms with E-state index < -0.39 is 5.41 Å². The fourth-order valence-electron chi connectivity index (χ4n) is 4.75. The van der Waals surface area contributed by atoms with E-state index in [0.29, 0.717) is 31.8 Å². The summed E-state index contributed by atoms with van der Waals surface area (Å²) >= 11 is 0. The normalized spacial score (nSPS) is 25.8. The molecular formula is C24H31N5O2. The lowest BCUT2D eigenvalue weighted by atomic mass is 9.78. The Morgan fingerprint density at radius 2 is 1.94 bits per heavy atom. The fraction of sp³-hybridized carbons (Fsp3) is 0.458. The molecule has 3 heterocycles. The van der Waals surface area contributed by atoms with Gasteiger partial charge in [0.15, 0.2) is 0 Å². The number of hydrazine groups is 1. The number of amides is 2. The minimum atomic E-state index is -0.762. The maximum absolute atomic E-state index is 13.1. The fourth-order valence-corrected chi connectivity index (χ4v) is 4.75. The van der Waals surface area contributed by atoms with Crippen LogP contribution >= 0.6 is 0 Å². The predicted molar refractivity (Wildman–Crippen MR) is 120 cm³/mol. The molecule has 31 heavy (non-hydrogen) atoms. The summed E-state index contributed by atoms with van der Waals surface area (Å²) in [7, 11) is 0. The highest BCUT2D eigenvalue weighted by atomic mass is 16.2. The van der Waals surface area contributed by atoms with Gasteiger partial charge in [0.1, 0.15) is 6.04 Å². The lowest BCUT2D eigenvalue weighted by molar-refractivity contribution is -0.133. The average Bonchev–Trinajstić information content (AvgIpc) is 3.43. The first-order valence-electron chi connectivity index (χ1n) is 11.0. The smallest absolute Gasteiger partial charge is 0.241 e. The van der Waals surface area contributed by atoms with Gasteiger partial charge in [-0.2, -0.15) is 0 Å². The molecule has 0 spiro atoms. The van der Waals surface area contributed by atoms with Crippen molar-refractivity contribution in [1.82, 2.24) is 20.7 Å². The van der Waals surface area contributed by atoms with Gasteiger partial charge in [-0.3, -0.25) is 20.0 Å². The van der Waals surface area contributed by atoms with Crippen molar-refractivity contribution in [3.63, 3.8) is 0 Å². The molecule has 0 radical (unpaired) electrons. The Kier molecular flexibility index (Phi) is 6.07. The van der Waals surface area contributed by atoms with Crippen LogP contribution < -0.4 is 16.6 Å². The molecule has 2 saturated heterocycles. The second-order valence-electron chi connectivity index (χ2n) is 9.15. The number of nitrogens with one attached hydrogen (secondary N) is 2. The molecule has 7 heteroatoms. The van der Waals surface area contributed by atoms with Gasteiger partial charge in [-0.05, 0) is 54.0 Å². The lowest BCUT2D eigenvalue weighted by Crippen LogP contribution is -2.47. The summed E-state index contributed by atoms with van der Waals surface area (Å²) in [5.41, 5.74) is 14.7. The van der Waals surface area contributed by atoms with Crippen LogP contribution in [0, 0.1) is 11.3 Å². The molecule has 4 rings (SSSR count). The van der Waals surface area contributed by atoms with E-state index in [1.807, 2.05) is 35.2 Å². The van der Waals surface area contributed by atoms with Crippen LogP contribution in [0.25, 0.3) is 11.1 Å². The van der Waals surface area contributed by atoms with E-state index in [1.165, 1.54) is 0 Å². The van der Waals surface area contributed by atoms with Crippen molar-refractivity contribution in [3.05, 3.63) is 54.4 Å². The largest absolute Gasteiger partial charge is 0.369 e. The van der Waals surface area contributed by atoms with E-state index in [-0.39, 0.29) is 23.9 Å². The molecule has 164 valence electrons. The molecular weight excluding hydrogens is 390 g/mol. The van der Waals surface area contributed by atoms with Crippen molar-refractivity contribution in [2.75, 3.05) is 13.1 Å². The van der Waals surface area contributed by atoms with E-state index in [0.717, 1.165) is 23.1 Å². The number of carbonyl (C=O) groups excluding carboxylic acids is 2. The maximum Gasteiger partial charge on any atom is 0.241 e. The molecule has 0 bridgehead atoms. The molecule has 0 saturated carbocycles. The first-order chi connectivity index (χ1) is 14.9. The quantitative estimate of drug-likeness (QED) is 0.661. The summed E-state index contributed by atoms with van der Waals surface area (Å²) in [5, 5.41) is 0. The number of nitrogens with zero attached hydrogens (tertiary/aromatic N) is 2. The summed E-state index contributed by atoms with van der Waals surface area (Å²) in [5.74, 6) is 0.143. The Morgan fingerprint density at radius 1 is 1.19 bits per heavy atom. The van der Waals surface area contributed by atoms with Gasteiger partial charge < -0.3 is 10.6 Å². The van der Waals surface area contributed by atoms with E-state index in [4.69, 9.17) is 5.73 Å². The Labute approximate surface area is 183 Å². The van der Waals surface area contributed by atoms with Gasteiger partial charge in [0.2, 0.25) is 11.8 Å². The molecule has 4 N–H and O–H groups in total. The molecule has 2 aromatic rings. The van der Waals surface area contributed by atoms with Gasteiger partial charge in [-0.1, -0.05) is 38.1 Å². The van der Waals surface area contributed by atoms with Gasteiger partial charge >= 0.3 is 0 Å². The van der Waals surface area contributed by atoms with Crippen molar-refractivity contribution in [2.24, 2.45) is 17.1 Å². The molecule has 3 unspecified atom stereocenters. The molecule has 2 aliphatic heterocycles. The molecule has 2 amide bonds. The maximum atomic E-state index is 13.1. The summed E-state index contributed by atoms with van der Waals surface area (Å²) in [6.45, 7) is 5.18. The van der Waals surface area contributed by atoms with E-state index in [2.05, 4.69) is 35.7 Å². The molecule has 2 fully saturated rings. The van der Waals surface area contributed by atoms with Crippen LogP contribution in [0.15, 0.2) is 48.8 Å². The number of likely N-dealkylation sites (tertiary alicyclic amines) is 1. The minimum absolute atomic E-state index is 0.0428. The van der Waals surface area contributed by atoms with Gasteiger partial charge in [0.25, 0.3) is 0 Å². The Balaban J connectivity index is 1.53. The van der Waals surface area contributed by atoms with Gasteiger partial charge in [-0.15, -0.1) is 0 Å². The number of carbonyl (C=O) groups is 2. The second-order valence-corrected chi connectivity index (χ2v) is 9.15. The SMILES string of the molecule is CC(C)C1CC(C(=O)N2CCC(Cc3ccccc3-c3ccncc3)(C(N)=O)C2)NN1. The number of benzene rings is 1. The number of hydrogen-bond acceptors (Lipinski definition) is 5. The van der Waals surface area contributed by atoms with E-state index >= 15 is 0 Å². The van der Waals surface area contributed by atoms with Crippen molar-refractivity contribution in [1.29, 1.82) is 0 Å². The van der Waals surface area contributed by atoms with E-state index in [1.54, 1.807) is 12.4 Å². The molecule has 0 aliphatic carbocycles. The number of pyridine rings is 1. The number of hydrogen-bond donors (Lipinski definition) is 3. The lowest BCUT2D eigenvalue weighted by Gasteiger charge is -2.28. The van der Waals surface area contributed by atoms with Crippen LogP contribution in [-0.4, -0.2) is 46.9 Å². The van der Waals surface area contributed by atoms with Gasteiger partial charge in [0.05, 0.1) is 5.41 Å². The van der Waals surface area contributed by atoms with Gasteiger partial charge in [0, 0.05) is 31.5 Å². The van der Waals surface area contributed by atoms with Crippen LogP contribution in [0.5, 0.6) is 0 Å². The standard InChI is InChI=1S/C24H31N5O2/c1-16(2)20-13-21(28-27-20)22(30)29-12-9-24(15-29,23(25)31)14-18-5-3-4-6-19(18)17-7-10-26-11-8-17/h3-8,10-11,16,20-21,27-28H,9,12-15H2,1-2H3,(H2,25,31). The topological polar surface area (TPSA) is 100 Å². The molecule has 1 aromatic heterocycles. The van der Waals surface area contributed by atoms with Gasteiger partial charge in [-0.25, -0.2) is 5.43 Å². The monoisotopic (exact) mass is 421 g/mol. The Morgan fingerprint density at radius 3 is 2.61 bits per heavy atom. The first kappa shape index (κ1) is 21.5. The zero-order chi connectivity index (χ0) is 22.0. The highest BCUT2D eigenvalue weighted by molar-refractivity contribution is 5.87. The number of aromatic nitrogens is 1.